The van der Waals surface area contributed by atoms with Gasteiger partial charge in [-0.1, -0.05) is 20.3 Å². The molecule has 0 aliphatic heterocycles. The highest BCUT2D eigenvalue weighted by Gasteiger charge is 2.24. The van der Waals surface area contributed by atoms with Crippen molar-refractivity contribution in [3.63, 3.8) is 0 Å². The summed E-state index contributed by atoms with van der Waals surface area (Å²) in [4.78, 5) is 0. The minimum Gasteiger partial charge on any atom is -0.307 e. The van der Waals surface area contributed by atoms with Gasteiger partial charge in [0.05, 0.1) is 6.20 Å². The molecule has 1 N–H and O–H groups in total. The third-order valence-corrected chi connectivity index (χ3v) is 3.94. The Morgan fingerprint density at radius 2 is 2.35 bits per heavy atom. The van der Waals surface area contributed by atoms with Crippen molar-refractivity contribution in [2.45, 2.75) is 64.5 Å². The fourth-order valence-electron chi connectivity index (χ4n) is 2.92. The van der Waals surface area contributed by atoms with Crippen LogP contribution in [-0.4, -0.2) is 15.8 Å². The molecular formula is C14H25N3. The smallest absolute Gasteiger partial charge is 0.0540 e. The monoisotopic (exact) mass is 235 g/mol. The quantitative estimate of drug-likeness (QED) is 0.850. The van der Waals surface area contributed by atoms with E-state index in [2.05, 4.69) is 37.5 Å². The maximum absolute atomic E-state index is 4.40. The number of nitrogens with zero attached hydrogens (tertiary/aromatic N) is 2. The van der Waals surface area contributed by atoms with E-state index < -0.39 is 0 Å². The molecule has 0 saturated heterocycles. The molecule has 96 valence electrons. The van der Waals surface area contributed by atoms with Crippen LogP contribution in [0.2, 0.25) is 0 Å². The maximum Gasteiger partial charge on any atom is 0.0540 e. The van der Waals surface area contributed by atoms with Gasteiger partial charge in [0.1, 0.15) is 0 Å². The van der Waals surface area contributed by atoms with Crippen molar-refractivity contribution in [3.8, 4) is 0 Å². The number of rotatable bonds is 5. The summed E-state index contributed by atoms with van der Waals surface area (Å²) in [5.41, 5.74) is 2.87. The third-order valence-electron chi connectivity index (χ3n) is 3.94. The molecule has 0 bridgehead atoms. The summed E-state index contributed by atoms with van der Waals surface area (Å²) in [6.45, 7) is 4.54. The van der Waals surface area contributed by atoms with E-state index in [0.717, 1.165) is 0 Å². The largest absolute Gasteiger partial charge is 0.307 e. The Balaban J connectivity index is 2.07. The Hall–Kier alpha value is -0.830. The zero-order chi connectivity index (χ0) is 12.3. The second kappa shape index (κ2) is 5.67. The van der Waals surface area contributed by atoms with Crippen LogP contribution in [0, 0.1) is 0 Å². The molecule has 1 aromatic rings. The highest BCUT2D eigenvalue weighted by atomic mass is 15.3. The number of hydrogen-bond donors (Lipinski definition) is 1. The van der Waals surface area contributed by atoms with Crippen molar-refractivity contribution >= 4 is 0 Å². The minimum absolute atomic E-state index is 0.531. The first-order valence-electron chi connectivity index (χ1n) is 7.03. The van der Waals surface area contributed by atoms with Gasteiger partial charge in [-0.2, -0.15) is 5.10 Å². The molecule has 2 atom stereocenters. The van der Waals surface area contributed by atoms with E-state index in [4.69, 9.17) is 0 Å². The van der Waals surface area contributed by atoms with Crippen LogP contribution in [0.3, 0.4) is 0 Å². The van der Waals surface area contributed by atoms with Crippen LogP contribution in [0.5, 0.6) is 0 Å². The molecule has 17 heavy (non-hydrogen) atoms. The molecule has 1 aromatic heterocycles. The van der Waals surface area contributed by atoms with Gasteiger partial charge in [-0.3, -0.25) is 4.68 Å². The molecule has 2 rings (SSSR count). The molecule has 0 fully saturated rings. The topological polar surface area (TPSA) is 29.9 Å². The summed E-state index contributed by atoms with van der Waals surface area (Å²) in [7, 11) is 2.06. The molecular weight excluding hydrogens is 210 g/mol. The molecule has 0 spiro atoms. The predicted molar refractivity (Wildman–Crippen MR) is 71.0 cm³/mol. The highest BCUT2D eigenvalue weighted by Crippen LogP contribution is 2.30. The van der Waals surface area contributed by atoms with Gasteiger partial charge in [-0.25, -0.2) is 0 Å². The van der Waals surface area contributed by atoms with Crippen LogP contribution in [-0.2, 0) is 13.5 Å². The molecule has 0 amide bonds. The summed E-state index contributed by atoms with van der Waals surface area (Å²) in [5, 5.41) is 8.23. The van der Waals surface area contributed by atoms with Gasteiger partial charge in [-0.05, 0) is 32.1 Å². The average molecular weight is 235 g/mol. The Labute approximate surface area is 105 Å². The van der Waals surface area contributed by atoms with Gasteiger partial charge in [0.25, 0.3) is 0 Å². The van der Waals surface area contributed by atoms with E-state index >= 15 is 0 Å². The van der Waals surface area contributed by atoms with E-state index in [-0.39, 0.29) is 0 Å². The van der Waals surface area contributed by atoms with Crippen molar-refractivity contribution in [1.29, 1.82) is 0 Å². The standard InChI is InChI=1S/C14H25N3/c1-4-7-11(5-2)16-13-8-6-9-14-12(13)10-15-17(14)3/h10-11,13,16H,4-9H2,1-3H3. The van der Waals surface area contributed by atoms with Gasteiger partial charge in [0, 0.05) is 30.4 Å². The Bertz CT molecular complexity index is 356. The molecule has 3 heteroatoms. The molecule has 2 unspecified atom stereocenters. The number of hydrogen-bond acceptors (Lipinski definition) is 2. The van der Waals surface area contributed by atoms with Crippen LogP contribution < -0.4 is 5.32 Å². The third kappa shape index (κ3) is 2.71. The number of fused-ring (bicyclic) bond motifs is 1. The van der Waals surface area contributed by atoms with Crippen LogP contribution >= 0.6 is 0 Å². The first-order valence-corrected chi connectivity index (χ1v) is 7.03. The zero-order valence-corrected chi connectivity index (χ0v) is 11.4. The number of aryl methyl sites for hydroxylation is 1. The first-order chi connectivity index (χ1) is 8.26. The van der Waals surface area contributed by atoms with Gasteiger partial charge >= 0.3 is 0 Å². The van der Waals surface area contributed by atoms with Gasteiger partial charge in [0.2, 0.25) is 0 Å². The zero-order valence-electron chi connectivity index (χ0n) is 11.4. The summed E-state index contributed by atoms with van der Waals surface area (Å²) < 4.78 is 2.05. The van der Waals surface area contributed by atoms with Crippen molar-refractivity contribution in [2.75, 3.05) is 0 Å². The number of aromatic nitrogens is 2. The first kappa shape index (κ1) is 12.6. The van der Waals surface area contributed by atoms with Crippen LogP contribution in [0.4, 0.5) is 0 Å². The van der Waals surface area contributed by atoms with E-state index in [1.807, 2.05) is 4.68 Å². The lowest BCUT2D eigenvalue weighted by Crippen LogP contribution is -2.34. The second-order valence-electron chi connectivity index (χ2n) is 5.18. The van der Waals surface area contributed by atoms with Crippen LogP contribution in [0.25, 0.3) is 0 Å². The molecule has 0 saturated carbocycles. The van der Waals surface area contributed by atoms with Gasteiger partial charge < -0.3 is 5.32 Å². The second-order valence-corrected chi connectivity index (χ2v) is 5.18. The molecule has 0 aromatic carbocycles. The lowest BCUT2D eigenvalue weighted by molar-refractivity contribution is 0.367. The fraction of sp³-hybridized carbons (Fsp3) is 0.786. The van der Waals surface area contributed by atoms with Crippen molar-refractivity contribution in [2.24, 2.45) is 7.05 Å². The minimum atomic E-state index is 0.531. The molecule has 0 radical (unpaired) electrons. The maximum atomic E-state index is 4.40. The lowest BCUT2D eigenvalue weighted by Gasteiger charge is -2.28. The van der Waals surface area contributed by atoms with E-state index in [1.165, 1.54) is 49.8 Å². The van der Waals surface area contributed by atoms with E-state index in [1.54, 1.807) is 0 Å². The lowest BCUT2D eigenvalue weighted by atomic mass is 9.92. The fourth-order valence-corrected chi connectivity index (χ4v) is 2.92. The molecule has 1 aliphatic rings. The van der Waals surface area contributed by atoms with Crippen LogP contribution in [0.1, 0.15) is 63.3 Å². The molecule has 3 nitrogen and oxygen atoms in total. The highest BCUT2D eigenvalue weighted by molar-refractivity contribution is 5.24. The van der Waals surface area contributed by atoms with Crippen molar-refractivity contribution in [3.05, 3.63) is 17.5 Å². The Morgan fingerprint density at radius 3 is 3.06 bits per heavy atom. The molecule has 1 heterocycles. The van der Waals surface area contributed by atoms with Gasteiger partial charge in [-0.15, -0.1) is 0 Å². The summed E-state index contributed by atoms with van der Waals surface area (Å²) >= 11 is 0. The van der Waals surface area contributed by atoms with Crippen LogP contribution in [0.15, 0.2) is 6.20 Å². The Morgan fingerprint density at radius 1 is 1.53 bits per heavy atom. The SMILES string of the molecule is CCCC(CC)NC1CCCc2c1cnn2C. The average Bonchev–Trinajstić information content (AvgIpc) is 2.72. The van der Waals surface area contributed by atoms with E-state index in [9.17, 15) is 0 Å². The Kier molecular flexibility index (Phi) is 4.21. The summed E-state index contributed by atoms with van der Waals surface area (Å²) in [6, 6.07) is 1.19. The normalized spacial score (nSPS) is 21.2. The van der Waals surface area contributed by atoms with Crippen molar-refractivity contribution in [1.82, 2.24) is 15.1 Å². The van der Waals surface area contributed by atoms with Gasteiger partial charge in [0.15, 0.2) is 0 Å². The molecule has 1 aliphatic carbocycles. The predicted octanol–water partition coefficient (Wildman–Crippen LogP) is 2.97. The van der Waals surface area contributed by atoms with Crippen molar-refractivity contribution < 1.29 is 0 Å². The summed E-state index contributed by atoms with van der Waals surface area (Å²) in [6.07, 6.45) is 9.56. The number of nitrogens with one attached hydrogen (secondary N) is 1. The van der Waals surface area contributed by atoms with E-state index in [0.29, 0.717) is 12.1 Å². The summed E-state index contributed by atoms with van der Waals surface area (Å²) in [5.74, 6) is 0.